The van der Waals surface area contributed by atoms with E-state index in [1.165, 1.54) is 16.7 Å². The van der Waals surface area contributed by atoms with Crippen molar-refractivity contribution in [2.75, 3.05) is 25.2 Å². The third kappa shape index (κ3) is 10.0. The van der Waals surface area contributed by atoms with Gasteiger partial charge in [0.15, 0.2) is 5.58 Å². The van der Waals surface area contributed by atoms with Crippen molar-refractivity contribution in [3.63, 3.8) is 0 Å². The van der Waals surface area contributed by atoms with Crippen molar-refractivity contribution in [1.82, 2.24) is 4.98 Å². The summed E-state index contributed by atoms with van der Waals surface area (Å²) in [5.41, 5.74) is 7.68. The van der Waals surface area contributed by atoms with Gasteiger partial charge in [0.25, 0.3) is 6.47 Å². The van der Waals surface area contributed by atoms with E-state index in [9.17, 15) is 9.59 Å². The Bertz CT molecular complexity index is 1760. The maximum atomic E-state index is 12.9. The largest absolute Gasteiger partial charge is 0.463 e. The predicted molar refractivity (Wildman–Crippen MR) is 184 cm³/mol. The van der Waals surface area contributed by atoms with Gasteiger partial charge >= 0.3 is 5.63 Å². The number of hydrogen-bond acceptors (Lipinski definition) is 8. The molecule has 0 fully saturated rings. The van der Waals surface area contributed by atoms with Crippen LogP contribution in [0.5, 0.6) is 0 Å². The molecule has 5 aromatic rings. The number of aromatic nitrogens is 1. The summed E-state index contributed by atoms with van der Waals surface area (Å²) < 4.78 is 20.8. The van der Waals surface area contributed by atoms with Crippen LogP contribution >= 0.6 is 0 Å². The highest BCUT2D eigenvalue weighted by Crippen LogP contribution is 2.32. The number of carbonyl (C=O) groups is 1. The molecule has 3 aromatic carbocycles. The number of carbonyl (C=O) groups excluding carboxylic acids is 1. The van der Waals surface area contributed by atoms with Crippen molar-refractivity contribution in [3.05, 3.63) is 113 Å². The Morgan fingerprint density at radius 1 is 0.956 bits per heavy atom. The van der Waals surface area contributed by atoms with E-state index < -0.39 is 5.63 Å². The van der Waals surface area contributed by atoms with Crippen LogP contribution in [0.25, 0.3) is 33.5 Å². The second kappa shape index (κ2) is 18.0. The van der Waals surface area contributed by atoms with Crippen molar-refractivity contribution >= 4 is 39.9 Å². The molecule has 2 heterocycles. The average Bonchev–Trinajstić information content (AvgIpc) is 3.45. The van der Waals surface area contributed by atoms with E-state index in [0.29, 0.717) is 23.2 Å². The Kier molecular flexibility index (Phi) is 14.5. The molecule has 8 nitrogen and oxygen atoms in total. The van der Waals surface area contributed by atoms with Gasteiger partial charge in [-0.15, -0.1) is 19.7 Å². The summed E-state index contributed by atoms with van der Waals surface area (Å²) in [6.45, 7) is 23.8. The molecule has 5 rings (SSSR count). The summed E-state index contributed by atoms with van der Waals surface area (Å²) in [7, 11) is 1.68. The minimum Gasteiger partial charge on any atom is -0.463 e. The van der Waals surface area contributed by atoms with Crippen LogP contribution in [0.1, 0.15) is 44.4 Å². The van der Waals surface area contributed by atoms with Crippen LogP contribution in [0.15, 0.2) is 99.6 Å². The average molecular weight is 613 g/mol. The Morgan fingerprint density at radius 3 is 2.24 bits per heavy atom. The molecule has 0 N–H and O–H groups in total. The van der Waals surface area contributed by atoms with E-state index in [4.69, 9.17) is 13.6 Å². The van der Waals surface area contributed by atoms with E-state index in [2.05, 4.69) is 73.3 Å². The highest BCUT2D eigenvalue weighted by atomic mass is 16.5. The van der Waals surface area contributed by atoms with Crippen LogP contribution in [-0.2, 0) is 20.9 Å². The second-order valence-corrected chi connectivity index (χ2v) is 10.2. The van der Waals surface area contributed by atoms with Gasteiger partial charge in [-0.05, 0) is 89.1 Å². The Labute approximate surface area is 265 Å². The molecule has 0 saturated carbocycles. The minimum absolute atomic E-state index is 0.138. The fourth-order valence-corrected chi connectivity index (χ4v) is 4.33. The molecule has 0 aliphatic rings. The number of anilines is 2. The van der Waals surface area contributed by atoms with Gasteiger partial charge in [-0.2, -0.15) is 0 Å². The van der Waals surface area contributed by atoms with Gasteiger partial charge in [0, 0.05) is 43.1 Å². The number of oxazole rings is 1. The number of fused-ring (bicyclic) bond motifs is 2. The first kappa shape index (κ1) is 36.2. The van der Waals surface area contributed by atoms with Crippen LogP contribution in [0.3, 0.4) is 0 Å². The fourth-order valence-electron chi connectivity index (χ4n) is 4.33. The molecule has 238 valence electrons. The number of ether oxygens (including phenoxy) is 2. The highest BCUT2D eigenvalue weighted by molar-refractivity contribution is 5.86. The standard InChI is InChI=1S/C28H24N2O5.C4H8.C3H8O.C2H4/c1-4-30(24-9-5-17(2)11-18(24)3)21-8-7-20-13-22(28(32)35-26(20)14-21)27-29-23-12-19(15-33-16-31)6-10-25(23)34-27;1-4(2)3;1-3-4-2;1-2/h5-14,16H,4,15H2,1-3H3;1H2,2-3H3;3H2,1-2H3;1-2H2. The highest BCUT2D eigenvalue weighted by Gasteiger charge is 2.17. The number of aryl methyl sites for hydroxylation is 2. The zero-order valence-electron chi connectivity index (χ0n) is 27.4. The van der Waals surface area contributed by atoms with Crippen molar-refractivity contribution in [2.45, 2.75) is 48.1 Å². The summed E-state index contributed by atoms with van der Waals surface area (Å²) in [4.78, 5) is 30.0. The van der Waals surface area contributed by atoms with Gasteiger partial charge in [-0.25, -0.2) is 9.78 Å². The molecular formula is C37H44N2O6. The Hall–Kier alpha value is -4.95. The molecule has 45 heavy (non-hydrogen) atoms. The lowest BCUT2D eigenvalue weighted by atomic mass is 10.1. The number of benzene rings is 3. The number of nitrogens with zero attached hydrogens (tertiary/aromatic N) is 2. The molecular weight excluding hydrogens is 568 g/mol. The fraction of sp³-hybridized carbons (Fsp3) is 0.270. The van der Waals surface area contributed by atoms with Gasteiger partial charge in [0.2, 0.25) is 5.89 Å². The number of allylic oxidation sites excluding steroid dienone is 1. The molecule has 0 radical (unpaired) electrons. The summed E-state index contributed by atoms with van der Waals surface area (Å²) in [6.07, 6.45) is 0. The van der Waals surface area contributed by atoms with E-state index >= 15 is 0 Å². The third-order valence-corrected chi connectivity index (χ3v) is 6.28. The van der Waals surface area contributed by atoms with E-state index in [-0.39, 0.29) is 18.1 Å². The molecule has 2 aromatic heterocycles. The lowest BCUT2D eigenvalue weighted by Crippen LogP contribution is -2.17. The number of methoxy groups -OCH3 is 1. The van der Waals surface area contributed by atoms with Gasteiger partial charge in [-0.3, -0.25) is 4.79 Å². The van der Waals surface area contributed by atoms with Crippen LogP contribution < -0.4 is 10.5 Å². The normalized spacial score (nSPS) is 10.0. The molecule has 8 heteroatoms. The van der Waals surface area contributed by atoms with Crippen LogP contribution in [-0.4, -0.2) is 31.7 Å². The first-order valence-corrected chi connectivity index (χ1v) is 14.6. The number of hydrogen-bond donors (Lipinski definition) is 0. The molecule has 0 spiro atoms. The smallest absolute Gasteiger partial charge is 0.349 e. The summed E-state index contributed by atoms with van der Waals surface area (Å²) in [5.74, 6) is 0.179. The molecule has 0 bridgehead atoms. The molecule has 0 amide bonds. The summed E-state index contributed by atoms with van der Waals surface area (Å²) >= 11 is 0. The zero-order valence-corrected chi connectivity index (χ0v) is 27.4. The predicted octanol–water partition coefficient (Wildman–Crippen LogP) is 9.09. The topological polar surface area (TPSA) is 95.0 Å². The van der Waals surface area contributed by atoms with Crippen LogP contribution in [0.4, 0.5) is 11.4 Å². The number of rotatable bonds is 8. The first-order valence-electron chi connectivity index (χ1n) is 14.6. The summed E-state index contributed by atoms with van der Waals surface area (Å²) in [6, 6.07) is 19.2. The summed E-state index contributed by atoms with van der Waals surface area (Å²) in [5, 5.41) is 0.766. The van der Waals surface area contributed by atoms with Gasteiger partial charge < -0.3 is 23.2 Å². The maximum absolute atomic E-state index is 12.9. The quantitative estimate of drug-likeness (QED) is 0.0973. The molecule has 0 aliphatic carbocycles. The van der Waals surface area contributed by atoms with Crippen molar-refractivity contribution < 1.29 is 23.1 Å². The van der Waals surface area contributed by atoms with E-state index in [1.807, 2.05) is 39.0 Å². The zero-order chi connectivity index (χ0) is 33.5. The van der Waals surface area contributed by atoms with Crippen LogP contribution in [0.2, 0.25) is 0 Å². The molecule has 0 aliphatic heterocycles. The SMILES string of the molecule is C=C.C=C(C)C.CCN(c1ccc2cc(-c3nc4cc(COC=O)ccc4o3)c(=O)oc2c1)c1ccc(C)cc1C.CCOC. The monoisotopic (exact) mass is 612 g/mol. The van der Waals surface area contributed by atoms with Crippen LogP contribution in [0, 0.1) is 13.8 Å². The maximum Gasteiger partial charge on any atom is 0.349 e. The first-order chi connectivity index (χ1) is 21.6. The molecule has 0 unspecified atom stereocenters. The van der Waals surface area contributed by atoms with Gasteiger partial charge in [0.1, 0.15) is 23.3 Å². The Morgan fingerprint density at radius 2 is 1.64 bits per heavy atom. The van der Waals surface area contributed by atoms with Crippen molar-refractivity contribution in [1.29, 1.82) is 0 Å². The van der Waals surface area contributed by atoms with Crippen molar-refractivity contribution in [3.8, 4) is 11.5 Å². The lowest BCUT2D eigenvalue weighted by Gasteiger charge is -2.25. The van der Waals surface area contributed by atoms with Gasteiger partial charge in [-0.1, -0.05) is 29.3 Å². The van der Waals surface area contributed by atoms with Crippen molar-refractivity contribution in [2.24, 2.45) is 0 Å². The minimum atomic E-state index is -0.528. The second-order valence-electron chi connectivity index (χ2n) is 10.2. The lowest BCUT2D eigenvalue weighted by molar-refractivity contribution is -0.129. The van der Waals surface area contributed by atoms with E-state index in [1.54, 1.807) is 31.4 Å². The molecule has 0 atom stereocenters. The third-order valence-electron chi connectivity index (χ3n) is 6.28. The van der Waals surface area contributed by atoms with Gasteiger partial charge in [0.05, 0.1) is 0 Å². The van der Waals surface area contributed by atoms with E-state index in [0.717, 1.165) is 35.5 Å². The Balaban J connectivity index is 0.000000624. The molecule has 0 saturated heterocycles.